The van der Waals surface area contributed by atoms with Gasteiger partial charge in [-0.05, 0) is 63.2 Å². The third kappa shape index (κ3) is 3.99. The molecule has 7 nitrogen and oxygen atoms in total. The highest BCUT2D eigenvalue weighted by molar-refractivity contribution is 5.88. The van der Waals surface area contributed by atoms with Crippen molar-refractivity contribution in [1.29, 1.82) is 0 Å². The lowest BCUT2D eigenvalue weighted by Crippen LogP contribution is -2.52. The molecule has 5 rings (SSSR count). The molecule has 1 aliphatic carbocycles. The quantitative estimate of drug-likeness (QED) is 0.766. The molecule has 4 atom stereocenters. The van der Waals surface area contributed by atoms with Crippen molar-refractivity contribution in [2.75, 3.05) is 38.5 Å². The van der Waals surface area contributed by atoms with Gasteiger partial charge in [0.25, 0.3) is 0 Å². The molecule has 0 radical (unpaired) electrons. The molecule has 1 amide bonds. The first-order valence-corrected chi connectivity index (χ1v) is 11.8. The Morgan fingerprint density at radius 1 is 1.09 bits per heavy atom. The first-order chi connectivity index (χ1) is 15.5. The molecule has 1 aromatic heterocycles. The van der Waals surface area contributed by atoms with Crippen molar-refractivity contribution in [3.63, 3.8) is 0 Å². The number of aliphatic hydroxyl groups excluding tert-OH is 1. The van der Waals surface area contributed by atoms with Crippen LogP contribution in [-0.4, -0.2) is 76.2 Å². The number of nitrogens with zero attached hydrogens (tertiary/aromatic N) is 4. The second-order valence-corrected chi connectivity index (χ2v) is 9.86. The zero-order valence-electron chi connectivity index (χ0n) is 18.7. The maximum absolute atomic E-state index is 14.0. The average molecular weight is 436 g/mol. The van der Waals surface area contributed by atoms with E-state index in [2.05, 4.69) is 44.3 Å². The van der Waals surface area contributed by atoms with Gasteiger partial charge in [-0.2, -0.15) is 0 Å². The molecule has 0 bridgehead atoms. The second kappa shape index (κ2) is 8.79. The average Bonchev–Trinajstić information content (AvgIpc) is 3.23. The Labute approximate surface area is 189 Å². The van der Waals surface area contributed by atoms with Gasteiger partial charge in [0.15, 0.2) is 0 Å². The molecule has 2 N–H and O–H groups in total. The number of amides is 1. The number of nitrogens with one attached hydrogen (secondary N) is 1. The fourth-order valence-electron chi connectivity index (χ4n) is 6.00. The molecule has 7 heteroatoms. The van der Waals surface area contributed by atoms with Crippen LogP contribution < -0.4 is 5.32 Å². The normalized spacial score (nSPS) is 30.0. The Balaban J connectivity index is 1.32. The number of hydrogen-bond acceptors (Lipinski definition) is 6. The minimum absolute atomic E-state index is 0.0607. The maximum atomic E-state index is 14.0. The predicted molar refractivity (Wildman–Crippen MR) is 123 cm³/mol. The van der Waals surface area contributed by atoms with E-state index in [-0.39, 0.29) is 11.9 Å². The molecule has 3 aliphatic rings. The molecule has 1 saturated carbocycles. The molecular weight excluding hydrogens is 402 g/mol. The van der Waals surface area contributed by atoms with E-state index < -0.39 is 11.5 Å². The van der Waals surface area contributed by atoms with E-state index in [1.807, 2.05) is 18.2 Å². The van der Waals surface area contributed by atoms with E-state index in [0.29, 0.717) is 24.1 Å². The van der Waals surface area contributed by atoms with Crippen LogP contribution in [0, 0.1) is 11.8 Å². The summed E-state index contributed by atoms with van der Waals surface area (Å²) < 4.78 is 0. The summed E-state index contributed by atoms with van der Waals surface area (Å²) in [5, 5.41) is 14.1. The molecule has 2 aromatic rings. The van der Waals surface area contributed by atoms with Gasteiger partial charge in [0, 0.05) is 25.5 Å². The van der Waals surface area contributed by atoms with Gasteiger partial charge in [0.1, 0.15) is 5.82 Å². The molecule has 2 aliphatic heterocycles. The zero-order chi connectivity index (χ0) is 22.1. The molecule has 32 heavy (non-hydrogen) atoms. The van der Waals surface area contributed by atoms with Gasteiger partial charge < -0.3 is 20.2 Å². The first-order valence-electron chi connectivity index (χ1n) is 11.8. The van der Waals surface area contributed by atoms with E-state index in [1.54, 1.807) is 18.6 Å². The van der Waals surface area contributed by atoms with Gasteiger partial charge >= 0.3 is 0 Å². The summed E-state index contributed by atoms with van der Waals surface area (Å²) in [5.41, 5.74) is 0.715. The van der Waals surface area contributed by atoms with Gasteiger partial charge in [-0.15, -0.1) is 0 Å². The Hall–Kier alpha value is -2.51. The Morgan fingerprint density at radius 2 is 1.81 bits per heavy atom. The zero-order valence-corrected chi connectivity index (χ0v) is 18.7. The lowest BCUT2D eigenvalue weighted by Gasteiger charge is -2.42. The van der Waals surface area contributed by atoms with Crippen molar-refractivity contribution in [1.82, 2.24) is 19.8 Å². The number of benzene rings is 1. The highest BCUT2D eigenvalue weighted by atomic mass is 16.3. The fourth-order valence-corrected chi connectivity index (χ4v) is 6.00. The predicted octanol–water partition coefficient (Wildman–Crippen LogP) is 2.15. The number of piperidine rings is 1. The van der Waals surface area contributed by atoms with Crippen LogP contribution in [0.1, 0.15) is 31.2 Å². The topological polar surface area (TPSA) is 81.6 Å². The number of anilines is 1. The Kier molecular flexibility index (Phi) is 5.86. The molecule has 1 aromatic carbocycles. The molecule has 3 heterocycles. The number of carbonyl (C=O) groups excluding carboxylic acids is 1. The molecule has 0 spiro atoms. The lowest BCUT2D eigenvalue weighted by molar-refractivity contribution is -0.138. The fraction of sp³-hybridized carbons (Fsp3) is 0.560. The van der Waals surface area contributed by atoms with Crippen molar-refractivity contribution < 1.29 is 9.90 Å². The lowest BCUT2D eigenvalue weighted by atomic mass is 9.71. The van der Waals surface area contributed by atoms with Crippen LogP contribution in [0.4, 0.5) is 5.82 Å². The summed E-state index contributed by atoms with van der Waals surface area (Å²) in [6.07, 6.45) is 7.81. The standard InChI is InChI=1S/C25H33N5O2/c1-29-11-7-25(8-12-29,20-5-3-2-4-6-20)24(32)30-16-18-13-21(22(31)14-19(18)17-30)28-23-15-26-9-10-27-23/h2-6,9-10,15,18-19,21-22,31H,7-8,11-14,16-17H2,1H3,(H,27,28)/t18-,19+,21-,22-/m1/s1. The highest BCUT2D eigenvalue weighted by Gasteiger charge is 2.49. The van der Waals surface area contributed by atoms with E-state index in [4.69, 9.17) is 0 Å². The molecule has 3 fully saturated rings. The Morgan fingerprint density at radius 3 is 2.50 bits per heavy atom. The van der Waals surface area contributed by atoms with Crippen LogP contribution in [0.2, 0.25) is 0 Å². The van der Waals surface area contributed by atoms with Gasteiger partial charge in [0.2, 0.25) is 5.91 Å². The van der Waals surface area contributed by atoms with Crippen molar-refractivity contribution in [2.24, 2.45) is 11.8 Å². The summed E-state index contributed by atoms with van der Waals surface area (Å²) in [6, 6.07) is 10.3. The number of hydrogen-bond donors (Lipinski definition) is 2. The third-order valence-electron chi connectivity index (χ3n) is 7.90. The largest absolute Gasteiger partial charge is 0.391 e. The van der Waals surface area contributed by atoms with E-state index in [9.17, 15) is 9.90 Å². The van der Waals surface area contributed by atoms with Crippen molar-refractivity contribution in [3.8, 4) is 0 Å². The monoisotopic (exact) mass is 435 g/mol. The molecule has 0 unspecified atom stereocenters. The van der Waals surface area contributed by atoms with Crippen LogP contribution in [0.15, 0.2) is 48.9 Å². The maximum Gasteiger partial charge on any atom is 0.233 e. The molecule has 2 saturated heterocycles. The van der Waals surface area contributed by atoms with Crippen molar-refractivity contribution in [2.45, 2.75) is 43.2 Å². The minimum Gasteiger partial charge on any atom is -0.391 e. The van der Waals surface area contributed by atoms with Gasteiger partial charge in [-0.1, -0.05) is 30.3 Å². The van der Waals surface area contributed by atoms with Gasteiger partial charge in [-0.3, -0.25) is 9.78 Å². The third-order valence-corrected chi connectivity index (χ3v) is 7.90. The van der Waals surface area contributed by atoms with E-state index >= 15 is 0 Å². The van der Waals surface area contributed by atoms with Crippen LogP contribution >= 0.6 is 0 Å². The van der Waals surface area contributed by atoms with Crippen molar-refractivity contribution >= 4 is 11.7 Å². The molecular formula is C25H33N5O2. The van der Waals surface area contributed by atoms with Crippen LogP contribution in [0.25, 0.3) is 0 Å². The Bertz CT molecular complexity index is 916. The summed E-state index contributed by atoms with van der Waals surface area (Å²) in [4.78, 5) is 26.9. The number of likely N-dealkylation sites (tertiary alicyclic amines) is 2. The number of aliphatic hydroxyl groups is 1. The van der Waals surface area contributed by atoms with E-state index in [1.165, 1.54) is 0 Å². The summed E-state index contributed by atoms with van der Waals surface area (Å²) in [5.74, 6) is 1.72. The smallest absolute Gasteiger partial charge is 0.233 e. The SMILES string of the molecule is CN1CCC(C(=O)N2C[C@H]3C[C@@H](Nc4cnccn4)[C@H](O)C[C@H]3C2)(c2ccccc2)CC1. The summed E-state index contributed by atoms with van der Waals surface area (Å²) in [6.45, 7) is 3.40. The number of aromatic nitrogens is 2. The number of carbonyl (C=O) groups is 1. The van der Waals surface area contributed by atoms with Crippen LogP contribution in [0.5, 0.6) is 0 Å². The van der Waals surface area contributed by atoms with Gasteiger partial charge in [0.05, 0.1) is 23.8 Å². The van der Waals surface area contributed by atoms with Crippen LogP contribution in [0.3, 0.4) is 0 Å². The van der Waals surface area contributed by atoms with E-state index in [0.717, 1.165) is 51.0 Å². The molecule has 170 valence electrons. The summed E-state index contributed by atoms with van der Waals surface area (Å²) >= 11 is 0. The summed E-state index contributed by atoms with van der Waals surface area (Å²) in [7, 11) is 2.13. The number of fused-ring (bicyclic) bond motifs is 1. The van der Waals surface area contributed by atoms with Crippen molar-refractivity contribution in [3.05, 3.63) is 54.5 Å². The first kappa shape index (κ1) is 21.3. The van der Waals surface area contributed by atoms with Crippen LogP contribution in [-0.2, 0) is 10.2 Å². The minimum atomic E-state index is -0.445. The van der Waals surface area contributed by atoms with Gasteiger partial charge in [-0.25, -0.2) is 4.98 Å². The second-order valence-electron chi connectivity index (χ2n) is 9.86. The number of rotatable bonds is 4. The highest BCUT2D eigenvalue weighted by Crippen LogP contribution is 2.42.